The molecule has 2 heterocycles. The number of nitrogens with zero attached hydrogens (tertiary/aromatic N) is 3. The van der Waals surface area contributed by atoms with Crippen molar-refractivity contribution in [3.8, 4) is 0 Å². The molecule has 1 atom stereocenters. The van der Waals surface area contributed by atoms with E-state index in [1.54, 1.807) is 11.0 Å². The van der Waals surface area contributed by atoms with Crippen LogP contribution in [-0.4, -0.2) is 41.9 Å². The molecule has 0 spiro atoms. The average molecular weight is 283 g/mol. The lowest BCUT2D eigenvalue weighted by Crippen LogP contribution is -2.49. The Morgan fingerprint density at radius 2 is 1.95 bits per heavy atom. The molecular weight excluding hydrogens is 271 g/mol. The molecule has 0 aliphatic carbocycles. The van der Waals surface area contributed by atoms with Crippen molar-refractivity contribution in [3.63, 3.8) is 0 Å². The first kappa shape index (κ1) is 13.1. The molecule has 1 aromatic carbocycles. The number of hydrogen-bond acceptors (Lipinski definition) is 4. The second-order valence-electron chi connectivity index (χ2n) is 4.56. The first-order valence-corrected chi connectivity index (χ1v) is 6.19. The minimum atomic E-state index is -4.36. The molecule has 1 aliphatic heterocycles. The van der Waals surface area contributed by atoms with Gasteiger partial charge in [0.05, 0.1) is 30.4 Å². The van der Waals surface area contributed by atoms with Crippen molar-refractivity contribution in [2.75, 3.05) is 24.6 Å². The van der Waals surface area contributed by atoms with Gasteiger partial charge in [-0.15, -0.1) is 0 Å². The van der Waals surface area contributed by atoms with Crippen LogP contribution in [0.5, 0.6) is 0 Å². The van der Waals surface area contributed by atoms with Crippen molar-refractivity contribution in [2.24, 2.45) is 0 Å². The van der Waals surface area contributed by atoms with Gasteiger partial charge in [-0.05, 0) is 12.1 Å². The Labute approximate surface area is 113 Å². The molecule has 7 heteroatoms. The van der Waals surface area contributed by atoms with Gasteiger partial charge in [0, 0.05) is 6.54 Å². The summed E-state index contributed by atoms with van der Waals surface area (Å²) in [5.74, 6) is 0.446. The third-order valence-corrected chi connectivity index (χ3v) is 3.19. The van der Waals surface area contributed by atoms with Crippen LogP contribution in [0.3, 0.4) is 0 Å². The predicted octanol–water partition coefficient (Wildman–Crippen LogP) is 2.40. The van der Waals surface area contributed by atoms with E-state index in [2.05, 4.69) is 9.97 Å². The molecule has 1 fully saturated rings. The number of benzene rings is 1. The minimum absolute atomic E-state index is 0.0265. The summed E-state index contributed by atoms with van der Waals surface area (Å²) in [5, 5.41) is 0. The number of aromatic nitrogens is 2. The Balaban J connectivity index is 1.87. The molecule has 106 valence electrons. The zero-order valence-corrected chi connectivity index (χ0v) is 10.5. The molecule has 0 N–H and O–H groups in total. The van der Waals surface area contributed by atoms with Gasteiger partial charge in [0.1, 0.15) is 5.82 Å². The largest absolute Gasteiger partial charge is 0.416 e. The maximum Gasteiger partial charge on any atom is 0.416 e. The SMILES string of the molecule is FC(F)(F)[C@@H]1CN(c2cnc3ccccc3n2)CCO1. The van der Waals surface area contributed by atoms with Gasteiger partial charge in [-0.1, -0.05) is 12.1 Å². The zero-order valence-electron chi connectivity index (χ0n) is 10.5. The smallest absolute Gasteiger partial charge is 0.365 e. The van der Waals surface area contributed by atoms with Crippen molar-refractivity contribution in [2.45, 2.75) is 12.3 Å². The summed E-state index contributed by atoms with van der Waals surface area (Å²) in [7, 11) is 0. The molecule has 20 heavy (non-hydrogen) atoms. The lowest BCUT2D eigenvalue weighted by Gasteiger charge is -2.34. The normalized spacial score (nSPS) is 20.4. The summed E-state index contributed by atoms with van der Waals surface area (Å²) in [6, 6.07) is 7.25. The van der Waals surface area contributed by atoms with Crippen LogP contribution >= 0.6 is 0 Å². The number of rotatable bonds is 1. The van der Waals surface area contributed by atoms with Gasteiger partial charge in [0.2, 0.25) is 0 Å². The van der Waals surface area contributed by atoms with Crippen LogP contribution in [0.4, 0.5) is 19.0 Å². The van der Waals surface area contributed by atoms with E-state index < -0.39 is 12.3 Å². The van der Waals surface area contributed by atoms with Crippen molar-refractivity contribution < 1.29 is 17.9 Å². The monoisotopic (exact) mass is 283 g/mol. The van der Waals surface area contributed by atoms with Crippen molar-refractivity contribution >= 4 is 16.9 Å². The summed E-state index contributed by atoms with van der Waals surface area (Å²) in [6.45, 7) is 0.148. The molecule has 1 aromatic heterocycles. The Bertz CT molecular complexity index is 617. The van der Waals surface area contributed by atoms with E-state index in [9.17, 15) is 13.2 Å². The van der Waals surface area contributed by atoms with Crippen LogP contribution in [0, 0.1) is 0 Å². The molecule has 4 nitrogen and oxygen atoms in total. The lowest BCUT2D eigenvalue weighted by molar-refractivity contribution is -0.221. The number of anilines is 1. The molecule has 1 saturated heterocycles. The van der Waals surface area contributed by atoms with Crippen LogP contribution in [0.1, 0.15) is 0 Å². The second kappa shape index (κ2) is 4.90. The summed E-state index contributed by atoms with van der Waals surface area (Å²) < 4.78 is 42.9. The molecule has 0 unspecified atom stereocenters. The zero-order chi connectivity index (χ0) is 14.2. The van der Waals surface area contributed by atoms with Crippen LogP contribution in [-0.2, 0) is 4.74 Å². The number of fused-ring (bicyclic) bond motifs is 1. The van der Waals surface area contributed by atoms with Gasteiger partial charge in [0.25, 0.3) is 0 Å². The van der Waals surface area contributed by atoms with Gasteiger partial charge in [0.15, 0.2) is 6.10 Å². The van der Waals surface area contributed by atoms with Gasteiger partial charge in [-0.3, -0.25) is 4.98 Å². The predicted molar refractivity (Wildman–Crippen MR) is 67.5 cm³/mol. The van der Waals surface area contributed by atoms with Gasteiger partial charge in [-0.2, -0.15) is 13.2 Å². The fourth-order valence-corrected chi connectivity index (χ4v) is 2.16. The summed E-state index contributed by atoms with van der Waals surface area (Å²) in [4.78, 5) is 10.1. The van der Waals surface area contributed by atoms with Gasteiger partial charge in [-0.25, -0.2) is 4.98 Å². The average Bonchev–Trinajstić information content (AvgIpc) is 2.46. The third kappa shape index (κ3) is 2.53. The van der Waals surface area contributed by atoms with E-state index in [0.717, 1.165) is 5.52 Å². The Kier molecular flexibility index (Phi) is 3.21. The first-order chi connectivity index (χ1) is 9.54. The molecule has 3 rings (SSSR count). The fourth-order valence-electron chi connectivity index (χ4n) is 2.16. The highest BCUT2D eigenvalue weighted by Crippen LogP contribution is 2.27. The molecule has 0 saturated carbocycles. The minimum Gasteiger partial charge on any atom is -0.365 e. The molecule has 0 radical (unpaired) electrons. The van der Waals surface area contributed by atoms with E-state index in [0.29, 0.717) is 17.9 Å². The van der Waals surface area contributed by atoms with E-state index in [1.807, 2.05) is 18.2 Å². The number of ether oxygens (including phenoxy) is 1. The molecule has 0 amide bonds. The van der Waals surface area contributed by atoms with Gasteiger partial charge < -0.3 is 9.64 Å². The third-order valence-electron chi connectivity index (χ3n) is 3.19. The van der Waals surface area contributed by atoms with E-state index in [1.165, 1.54) is 6.20 Å². The second-order valence-corrected chi connectivity index (χ2v) is 4.56. The maximum absolute atomic E-state index is 12.7. The highest BCUT2D eigenvalue weighted by Gasteiger charge is 2.43. The molecular formula is C13H12F3N3O. The molecule has 0 bridgehead atoms. The Morgan fingerprint density at radius 3 is 2.70 bits per heavy atom. The van der Waals surface area contributed by atoms with Crippen LogP contribution in [0.15, 0.2) is 30.5 Å². The quantitative estimate of drug-likeness (QED) is 0.805. The number of alkyl halides is 3. The van der Waals surface area contributed by atoms with E-state index in [-0.39, 0.29) is 13.2 Å². The van der Waals surface area contributed by atoms with Crippen LogP contribution in [0.2, 0.25) is 0 Å². The first-order valence-electron chi connectivity index (χ1n) is 6.19. The Hall–Kier alpha value is -1.89. The molecule has 1 aliphatic rings. The molecule has 2 aromatic rings. The summed E-state index contributed by atoms with van der Waals surface area (Å²) >= 11 is 0. The lowest BCUT2D eigenvalue weighted by atomic mass is 10.2. The maximum atomic E-state index is 12.7. The number of hydrogen-bond donors (Lipinski definition) is 0. The topological polar surface area (TPSA) is 38.2 Å². The summed E-state index contributed by atoms with van der Waals surface area (Å²) in [6.07, 6.45) is -4.63. The van der Waals surface area contributed by atoms with E-state index >= 15 is 0 Å². The van der Waals surface area contributed by atoms with E-state index in [4.69, 9.17) is 4.74 Å². The van der Waals surface area contributed by atoms with Crippen molar-refractivity contribution in [1.29, 1.82) is 0 Å². The number of morpholine rings is 1. The Morgan fingerprint density at radius 1 is 1.20 bits per heavy atom. The number of para-hydroxylation sites is 2. The van der Waals surface area contributed by atoms with Crippen molar-refractivity contribution in [3.05, 3.63) is 30.5 Å². The number of halogens is 3. The van der Waals surface area contributed by atoms with Gasteiger partial charge >= 0.3 is 6.18 Å². The fraction of sp³-hybridized carbons (Fsp3) is 0.385. The van der Waals surface area contributed by atoms with Crippen LogP contribution < -0.4 is 4.90 Å². The standard InChI is InChI=1S/C13H12F3N3O/c14-13(15,16)11-8-19(5-6-20-11)12-7-17-9-3-1-2-4-10(9)18-12/h1-4,7,11H,5-6,8H2/t11-/m0/s1. The highest BCUT2D eigenvalue weighted by atomic mass is 19.4. The summed E-state index contributed by atoms with van der Waals surface area (Å²) in [5.41, 5.74) is 1.39. The highest BCUT2D eigenvalue weighted by molar-refractivity contribution is 5.75. The van der Waals surface area contributed by atoms with Crippen LogP contribution in [0.25, 0.3) is 11.0 Å². The van der Waals surface area contributed by atoms with Crippen molar-refractivity contribution in [1.82, 2.24) is 9.97 Å².